The number of rotatable bonds is 5. The molecule has 0 bridgehead atoms. The van der Waals surface area contributed by atoms with Crippen LogP contribution in [-0.2, 0) is 23.1 Å². The standard InChI is InChI=1S/C27H35N3O3.C2HF3O2/c1-30-14-13-27(20-8-10-23(32-2)24(16-20)33-3)12-11-22(17-25(27)30)29-26(31)28-21-9-7-18-5-4-6-19(18)15-21;3-2(4,5)1(6)7/h7-10,15-16,22,25H,4-6,11-14,17H2,1-3H3,(H2,28,29,31);(H,6,7)/t22-,25+,27+;/m1./s1. The number of ether oxygens (including phenoxy) is 2. The van der Waals surface area contributed by atoms with E-state index >= 15 is 0 Å². The number of nitrogens with one attached hydrogen (secondary N) is 2. The Hall–Kier alpha value is -3.47. The van der Waals surface area contributed by atoms with Gasteiger partial charge < -0.3 is 30.1 Å². The van der Waals surface area contributed by atoms with E-state index in [1.807, 2.05) is 12.1 Å². The van der Waals surface area contributed by atoms with Gasteiger partial charge in [-0.2, -0.15) is 13.2 Å². The first kappa shape index (κ1) is 29.5. The van der Waals surface area contributed by atoms with Crippen molar-refractivity contribution in [2.45, 2.75) is 68.6 Å². The van der Waals surface area contributed by atoms with Crippen LogP contribution < -0.4 is 20.1 Å². The maximum atomic E-state index is 12.8. The molecule has 1 saturated carbocycles. The molecule has 1 saturated heterocycles. The molecule has 40 heavy (non-hydrogen) atoms. The lowest BCUT2D eigenvalue weighted by Gasteiger charge is -2.45. The third-order valence-corrected chi connectivity index (χ3v) is 8.42. The number of amides is 2. The molecule has 0 spiro atoms. The lowest BCUT2D eigenvalue weighted by molar-refractivity contribution is -0.192. The summed E-state index contributed by atoms with van der Waals surface area (Å²) in [4.78, 5) is 24.1. The third-order valence-electron chi connectivity index (χ3n) is 8.42. The molecule has 2 aromatic rings. The number of hydrogen-bond donors (Lipinski definition) is 3. The number of fused-ring (bicyclic) bond motifs is 2. The number of likely N-dealkylation sites (N-methyl/N-ethyl adjacent to an activating group) is 1. The highest BCUT2D eigenvalue weighted by Crippen LogP contribution is 2.49. The number of likely N-dealkylation sites (tertiary alicyclic amines) is 1. The van der Waals surface area contributed by atoms with E-state index < -0.39 is 12.1 Å². The van der Waals surface area contributed by atoms with Gasteiger partial charge in [-0.1, -0.05) is 12.1 Å². The summed E-state index contributed by atoms with van der Waals surface area (Å²) in [6, 6.07) is 13.1. The van der Waals surface area contributed by atoms with Crippen LogP contribution in [0.1, 0.15) is 48.8 Å². The van der Waals surface area contributed by atoms with E-state index in [1.165, 1.54) is 23.1 Å². The number of carbonyl (C=O) groups is 2. The van der Waals surface area contributed by atoms with Gasteiger partial charge in [-0.25, -0.2) is 9.59 Å². The zero-order valence-corrected chi connectivity index (χ0v) is 22.9. The Morgan fingerprint density at radius 2 is 1.73 bits per heavy atom. The van der Waals surface area contributed by atoms with Gasteiger partial charge in [0.2, 0.25) is 0 Å². The van der Waals surface area contributed by atoms with E-state index in [-0.39, 0.29) is 17.5 Å². The number of carboxylic acid groups (broad SMARTS) is 1. The van der Waals surface area contributed by atoms with Crippen LogP contribution in [0.5, 0.6) is 11.5 Å². The molecule has 218 valence electrons. The average molecular weight is 564 g/mol. The summed E-state index contributed by atoms with van der Waals surface area (Å²) in [6.07, 6.45) is 2.48. The van der Waals surface area contributed by atoms with Crippen LogP contribution in [0.4, 0.5) is 23.7 Å². The summed E-state index contributed by atoms with van der Waals surface area (Å²) in [5, 5.41) is 13.4. The van der Waals surface area contributed by atoms with Crippen molar-refractivity contribution in [3.8, 4) is 11.5 Å². The monoisotopic (exact) mass is 563 g/mol. The summed E-state index contributed by atoms with van der Waals surface area (Å²) in [7, 11) is 5.57. The molecule has 0 unspecified atom stereocenters. The Labute approximate surface area is 231 Å². The van der Waals surface area contributed by atoms with Gasteiger partial charge >= 0.3 is 18.2 Å². The summed E-state index contributed by atoms with van der Waals surface area (Å²) in [6.45, 7) is 1.06. The molecule has 2 amide bonds. The zero-order valence-electron chi connectivity index (χ0n) is 22.9. The number of hydrogen-bond acceptors (Lipinski definition) is 5. The van der Waals surface area contributed by atoms with E-state index in [0.717, 1.165) is 62.3 Å². The minimum atomic E-state index is -5.08. The summed E-state index contributed by atoms with van der Waals surface area (Å²) in [5.74, 6) is -1.21. The number of anilines is 1. The van der Waals surface area contributed by atoms with Crippen molar-refractivity contribution in [1.29, 1.82) is 0 Å². The van der Waals surface area contributed by atoms with Crippen molar-refractivity contribution in [1.82, 2.24) is 10.2 Å². The molecular formula is C29H36F3N3O5. The molecule has 1 aliphatic heterocycles. The van der Waals surface area contributed by atoms with E-state index in [0.29, 0.717) is 6.04 Å². The average Bonchev–Trinajstić information content (AvgIpc) is 3.52. The number of urea groups is 1. The zero-order chi connectivity index (χ0) is 29.1. The molecular weight excluding hydrogens is 527 g/mol. The van der Waals surface area contributed by atoms with Gasteiger partial charge in [0.25, 0.3) is 0 Å². The number of nitrogens with zero attached hydrogens (tertiary/aromatic N) is 1. The first-order chi connectivity index (χ1) is 19.0. The highest BCUT2D eigenvalue weighted by Gasteiger charge is 2.50. The highest BCUT2D eigenvalue weighted by atomic mass is 19.4. The number of carbonyl (C=O) groups excluding carboxylic acids is 1. The van der Waals surface area contributed by atoms with Crippen molar-refractivity contribution < 1.29 is 37.3 Å². The van der Waals surface area contributed by atoms with Gasteiger partial charge in [0, 0.05) is 23.2 Å². The lowest BCUT2D eigenvalue weighted by Crippen LogP contribution is -2.52. The topological polar surface area (TPSA) is 100 Å². The van der Waals surface area contributed by atoms with Crippen LogP contribution in [0.15, 0.2) is 36.4 Å². The van der Waals surface area contributed by atoms with Gasteiger partial charge in [-0.05, 0) is 99.5 Å². The minimum absolute atomic E-state index is 0.0863. The number of alkyl halides is 3. The molecule has 0 radical (unpaired) electrons. The Balaban J connectivity index is 0.000000470. The van der Waals surface area contributed by atoms with Crippen LogP contribution in [0.25, 0.3) is 0 Å². The second-order valence-electron chi connectivity index (χ2n) is 10.7. The SMILES string of the molecule is COc1ccc([C@@]23CC[C@@H](NC(=O)Nc4ccc5c(c4)CCC5)C[C@@H]2N(C)CC3)cc1OC.O=C(O)C(F)(F)F. The summed E-state index contributed by atoms with van der Waals surface area (Å²) < 4.78 is 42.8. The van der Waals surface area contributed by atoms with Crippen molar-refractivity contribution in [3.63, 3.8) is 0 Å². The number of methoxy groups -OCH3 is 2. The van der Waals surface area contributed by atoms with Crippen molar-refractivity contribution in [3.05, 3.63) is 53.1 Å². The molecule has 8 nitrogen and oxygen atoms in total. The molecule has 2 aromatic carbocycles. The molecule has 2 fully saturated rings. The first-order valence-electron chi connectivity index (χ1n) is 13.4. The number of aryl methyl sites for hydroxylation is 2. The predicted molar refractivity (Wildman–Crippen MR) is 144 cm³/mol. The Kier molecular flexibility index (Phi) is 8.82. The third kappa shape index (κ3) is 6.29. The molecule has 1 heterocycles. The fraction of sp³-hybridized carbons (Fsp3) is 0.517. The van der Waals surface area contributed by atoms with Crippen LogP contribution in [-0.4, -0.2) is 68.1 Å². The largest absolute Gasteiger partial charge is 0.493 e. The maximum absolute atomic E-state index is 12.8. The molecule has 3 N–H and O–H groups in total. The van der Waals surface area contributed by atoms with E-state index in [1.54, 1.807) is 14.2 Å². The summed E-state index contributed by atoms with van der Waals surface area (Å²) >= 11 is 0. The fourth-order valence-electron chi connectivity index (χ4n) is 6.40. The molecule has 3 aliphatic rings. The Morgan fingerprint density at radius 1 is 1.02 bits per heavy atom. The van der Waals surface area contributed by atoms with Gasteiger partial charge in [-0.15, -0.1) is 0 Å². The summed E-state index contributed by atoms with van der Waals surface area (Å²) in [5.41, 5.74) is 5.09. The lowest BCUT2D eigenvalue weighted by atomic mass is 9.65. The molecule has 5 rings (SSSR count). The molecule has 11 heteroatoms. The fourth-order valence-corrected chi connectivity index (χ4v) is 6.40. The number of carboxylic acids is 1. The smallest absolute Gasteiger partial charge is 0.490 e. The van der Waals surface area contributed by atoms with Crippen LogP contribution in [0, 0.1) is 0 Å². The maximum Gasteiger partial charge on any atom is 0.490 e. The van der Waals surface area contributed by atoms with Crippen molar-refractivity contribution in [2.24, 2.45) is 0 Å². The number of halogens is 3. The van der Waals surface area contributed by atoms with E-state index in [2.05, 4.69) is 46.8 Å². The normalized spacial score (nSPS) is 23.8. The minimum Gasteiger partial charge on any atom is -0.493 e. The van der Waals surface area contributed by atoms with Crippen LogP contribution in [0.2, 0.25) is 0 Å². The quantitative estimate of drug-likeness (QED) is 0.466. The number of benzene rings is 2. The van der Waals surface area contributed by atoms with Gasteiger partial charge in [0.15, 0.2) is 11.5 Å². The van der Waals surface area contributed by atoms with Gasteiger partial charge in [0.05, 0.1) is 14.2 Å². The van der Waals surface area contributed by atoms with Crippen LogP contribution in [0.3, 0.4) is 0 Å². The first-order valence-corrected chi connectivity index (χ1v) is 13.4. The predicted octanol–water partition coefficient (Wildman–Crippen LogP) is 5.14. The van der Waals surface area contributed by atoms with Crippen molar-refractivity contribution in [2.75, 3.05) is 33.1 Å². The van der Waals surface area contributed by atoms with Gasteiger partial charge in [-0.3, -0.25) is 0 Å². The number of aliphatic carboxylic acids is 1. The van der Waals surface area contributed by atoms with E-state index in [9.17, 15) is 18.0 Å². The van der Waals surface area contributed by atoms with E-state index in [4.69, 9.17) is 19.4 Å². The molecule has 0 aromatic heterocycles. The second kappa shape index (κ2) is 12.0. The molecule has 3 atom stereocenters. The van der Waals surface area contributed by atoms with Crippen LogP contribution >= 0.6 is 0 Å². The molecule has 2 aliphatic carbocycles. The van der Waals surface area contributed by atoms with Crippen molar-refractivity contribution >= 4 is 17.7 Å². The highest BCUT2D eigenvalue weighted by molar-refractivity contribution is 5.89. The Bertz CT molecular complexity index is 1240. The Morgan fingerprint density at radius 3 is 2.40 bits per heavy atom. The van der Waals surface area contributed by atoms with Gasteiger partial charge in [0.1, 0.15) is 0 Å². The second-order valence-corrected chi connectivity index (χ2v) is 10.7.